The average molecular weight is 369 g/mol. The lowest BCUT2D eigenvalue weighted by Crippen LogP contribution is -2.18. The van der Waals surface area contributed by atoms with Gasteiger partial charge in [0.05, 0.1) is 16.3 Å². The van der Waals surface area contributed by atoms with Gasteiger partial charge < -0.3 is 4.57 Å². The first-order chi connectivity index (χ1) is 12.2. The summed E-state index contributed by atoms with van der Waals surface area (Å²) in [6.07, 6.45) is 2.03. The van der Waals surface area contributed by atoms with E-state index in [0.717, 1.165) is 24.2 Å². The first-order valence-electron chi connectivity index (χ1n) is 8.33. The van der Waals surface area contributed by atoms with Gasteiger partial charge in [-0.1, -0.05) is 48.0 Å². The van der Waals surface area contributed by atoms with Crippen molar-refractivity contribution in [3.8, 4) is 11.3 Å². The molecule has 2 aromatic carbocycles. The van der Waals surface area contributed by atoms with E-state index >= 15 is 0 Å². The molecule has 126 valence electrons. The molecule has 0 N–H and O–H groups in total. The predicted octanol–water partition coefficient (Wildman–Crippen LogP) is 4.73. The number of thiazole rings is 1. The second kappa shape index (κ2) is 6.62. The molecule has 0 saturated carbocycles. The van der Waals surface area contributed by atoms with Gasteiger partial charge in [-0.3, -0.25) is 4.79 Å². The van der Waals surface area contributed by atoms with E-state index in [1.165, 1.54) is 21.7 Å². The zero-order valence-electron chi connectivity index (χ0n) is 13.8. The average Bonchev–Trinajstić information content (AvgIpc) is 2.99. The zero-order valence-corrected chi connectivity index (χ0v) is 15.4. The molecule has 1 aliphatic carbocycles. The molecule has 0 radical (unpaired) electrons. The molecule has 0 aliphatic heterocycles. The first-order valence-corrected chi connectivity index (χ1v) is 9.53. The van der Waals surface area contributed by atoms with Crippen LogP contribution in [0.5, 0.6) is 0 Å². The van der Waals surface area contributed by atoms with Gasteiger partial charge >= 0.3 is 0 Å². The van der Waals surface area contributed by atoms with Crippen LogP contribution in [-0.4, -0.2) is 10.5 Å². The van der Waals surface area contributed by atoms with Gasteiger partial charge in [0, 0.05) is 17.0 Å². The van der Waals surface area contributed by atoms with E-state index in [-0.39, 0.29) is 5.91 Å². The molecule has 0 fully saturated rings. The van der Waals surface area contributed by atoms with Gasteiger partial charge in [-0.2, -0.15) is 4.99 Å². The Labute approximate surface area is 155 Å². The molecule has 0 bridgehead atoms. The Morgan fingerprint density at radius 1 is 1.16 bits per heavy atom. The third-order valence-electron chi connectivity index (χ3n) is 4.49. The van der Waals surface area contributed by atoms with E-state index in [1.807, 2.05) is 6.07 Å². The van der Waals surface area contributed by atoms with Crippen molar-refractivity contribution in [1.82, 2.24) is 4.57 Å². The third kappa shape index (κ3) is 2.86. The molecule has 5 heteroatoms. The van der Waals surface area contributed by atoms with Crippen LogP contribution >= 0.6 is 22.9 Å². The summed E-state index contributed by atoms with van der Waals surface area (Å²) in [5, 5.41) is 0.436. The van der Waals surface area contributed by atoms with Crippen molar-refractivity contribution >= 4 is 28.8 Å². The van der Waals surface area contributed by atoms with Crippen LogP contribution in [0.3, 0.4) is 0 Å². The summed E-state index contributed by atoms with van der Waals surface area (Å²) < 4.78 is 2.15. The van der Waals surface area contributed by atoms with E-state index in [4.69, 9.17) is 11.6 Å². The highest BCUT2D eigenvalue weighted by Crippen LogP contribution is 2.34. The Hall–Kier alpha value is -2.17. The molecule has 4 rings (SSSR count). The van der Waals surface area contributed by atoms with Crippen molar-refractivity contribution in [3.63, 3.8) is 0 Å². The number of carbonyl (C=O) groups excluding carboxylic acids is 1. The van der Waals surface area contributed by atoms with Crippen molar-refractivity contribution in [3.05, 3.63) is 74.4 Å². The normalized spacial score (nSPS) is 13.4. The highest BCUT2D eigenvalue weighted by atomic mass is 35.5. The van der Waals surface area contributed by atoms with Gasteiger partial charge in [0.25, 0.3) is 5.91 Å². The quantitative estimate of drug-likeness (QED) is 0.643. The smallest absolute Gasteiger partial charge is 0.281 e. The van der Waals surface area contributed by atoms with Crippen LogP contribution in [0.15, 0.2) is 53.5 Å². The summed E-state index contributed by atoms with van der Waals surface area (Å²) in [4.78, 5) is 19.0. The molecule has 3 nitrogen and oxygen atoms in total. The minimum Gasteiger partial charge on any atom is -0.316 e. The van der Waals surface area contributed by atoms with Crippen LogP contribution in [0.1, 0.15) is 27.7 Å². The summed E-state index contributed by atoms with van der Waals surface area (Å²) in [6.45, 7) is 2.86. The van der Waals surface area contributed by atoms with Gasteiger partial charge in [0.15, 0.2) is 4.80 Å². The summed E-state index contributed by atoms with van der Waals surface area (Å²) in [6, 6.07) is 15.5. The van der Waals surface area contributed by atoms with Crippen molar-refractivity contribution < 1.29 is 4.79 Å². The number of carbonyl (C=O) groups is 1. The van der Waals surface area contributed by atoms with E-state index in [2.05, 4.69) is 40.7 Å². The number of hydrogen-bond donors (Lipinski definition) is 0. The predicted molar refractivity (Wildman–Crippen MR) is 102 cm³/mol. The maximum Gasteiger partial charge on any atom is 0.281 e. The van der Waals surface area contributed by atoms with E-state index < -0.39 is 0 Å². The standard InChI is InChI=1S/C20H17ClN2OS/c1-2-23-18-14-8-4-3-7-13(14)11-12-17(18)25-20(23)22-19(24)15-9-5-6-10-16(15)21/h3-10H,2,11-12H2,1H3. The fourth-order valence-corrected chi connectivity index (χ4v) is 4.72. The Kier molecular flexibility index (Phi) is 4.32. The SMILES string of the molecule is CCn1c2c(sc1=NC(=O)c1ccccc1Cl)CCc1ccccc1-2. The fourth-order valence-electron chi connectivity index (χ4n) is 3.30. The Bertz CT molecular complexity index is 1030. The number of rotatable bonds is 2. The molecule has 0 saturated heterocycles. The monoisotopic (exact) mass is 368 g/mol. The zero-order chi connectivity index (χ0) is 17.4. The lowest BCUT2D eigenvalue weighted by molar-refractivity contribution is 0.0998. The van der Waals surface area contributed by atoms with E-state index in [9.17, 15) is 4.79 Å². The number of benzene rings is 2. The lowest BCUT2D eigenvalue weighted by Gasteiger charge is -2.17. The summed E-state index contributed by atoms with van der Waals surface area (Å²) in [5.41, 5.74) is 4.27. The third-order valence-corrected chi connectivity index (χ3v) is 5.96. The molecule has 0 atom stereocenters. The van der Waals surface area contributed by atoms with Crippen molar-refractivity contribution in [2.24, 2.45) is 4.99 Å². The van der Waals surface area contributed by atoms with Gasteiger partial charge in [0.2, 0.25) is 0 Å². The molecule has 1 amide bonds. The Morgan fingerprint density at radius 2 is 1.92 bits per heavy atom. The summed E-state index contributed by atoms with van der Waals surface area (Å²) in [5.74, 6) is -0.292. The van der Waals surface area contributed by atoms with Crippen LogP contribution in [-0.2, 0) is 19.4 Å². The molecular formula is C20H17ClN2OS. The highest BCUT2D eigenvalue weighted by molar-refractivity contribution is 7.09. The number of nitrogens with zero attached hydrogens (tertiary/aromatic N) is 2. The number of fused-ring (bicyclic) bond motifs is 3. The van der Waals surface area contributed by atoms with Gasteiger partial charge in [-0.05, 0) is 37.5 Å². The first kappa shape index (κ1) is 16.3. The van der Waals surface area contributed by atoms with Crippen molar-refractivity contribution in [2.45, 2.75) is 26.3 Å². The molecule has 3 aromatic rings. The van der Waals surface area contributed by atoms with Crippen LogP contribution in [0, 0.1) is 0 Å². The van der Waals surface area contributed by atoms with Crippen LogP contribution in [0.4, 0.5) is 0 Å². The van der Waals surface area contributed by atoms with Crippen LogP contribution in [0.2, 0.25) is 5.02 Å². The lowest BCUT2D eigenvalue weighted by atomic mass is 9.93. The van der Waals surface area contributed by atoms with Gasteiger partial charge in [-0.25, -0.2) is 0 Å². The van der Waals surface area contributed by atoms with Crippen molar-refractivity contribution in [2.75, 3.05) is 0 Å². The number of aromatic nitrogens is 1. The molecule has 1 heterocycles. The molecule has 1 aromatic heterocycles. The maximum atomic E-state index is 12.6. The molecular weight excluding hydrogens is 352 g/mol. The minimum absolute atomic E-state index is 0.292. The number of hydrogen-bond acceptors (Lipinski definition) is 2. The molecule has 0 spiro atoms. The van der Waals surface area contributed by atoms with Gasteiger partial charge in [0.1, 0.15) is 0 Å². The van der Waals surface area contributed by atoms with Gasteiger partial charge in [-0.15, -0.1) is 11.3 Å². The maximum absolute atomic E-state index is 12.6. The number of halogens is 1. The Morgan fingerprint density at radius 3 is 2.72 bits per heavy atom. The van der Waals surface area contributed by atoms with Crippen LogP contribution in [0.25, 0.3) is 11.3 Å². The number of amides is 1. The van der Waals surface area contributed by atoms with Crippen molar-refractivity contribution in [1.29, 1.82) is 0 Å². The Balaban J connectivity index is 1.87. The second-order valence-electron chi connectivity index (χ2n) is 5.95. The largest absolute Gasteiger partial charge is 0.316 e. The van der Waals surface area contributed by atoms with E-state index in [0.29, 0.717) is 10.6 Å². The number of aryl methyl sites for hydroxylation is 2. The van der Waals surface area contributed by atoms with E-state index in [1.54, 1.807) is 29.5 Å². The summed E-state index contributed by atoms with van der Waals surface area (Å²) >= 11 is 7.75. The topological polar surface area (TPSA) is 34.4 Å². The molecule has 25 heavy (non-hydrogen) atoms. The second-order valence-corrected chi connectivity index (χ2v) is 7.42. The fraction of sp³-hybridized carbons (Fsp3) is 0.200. The minimum atomic E-state index is -0.292. The molecule has 1 aliphatic rings. The summed E-state index contributed by atoms with van der Waals surface area (Å²) in [7, 11) is 0. The molecule has 0 unspecified atom stereocenters. The highest BCUT2D eigenvalue weighted by Gasteiger charge is 2.22. The van der Waals surface area contributed by atoms with Crippen LogP contribution < -0.4 is 4.80 Å².